The molecule has 1 heterocycles. The molecule has 3 nitrogen and oxygen atoms in total. The van der Waals surface area contributed by atoms with E-state index in [1.165, 1.54) is 5.56 Å². The van der Waals surface area contributed by atoms with E-state index in [9.17, 15) is 0 Å². The van der Waals surface area contributed by atoms with Crippen molar-refractivity contribution in [3.8, 4) is 17.0 Å². The topological polar surface area (TPSA) is 34.1 Å². The van der Waals surface area contributed by atoms with E-state index in [4.69, 9.17) is 9.72 Å². The molecule has 0 saturated heterocycles. The van der Waals surface area contributed by atoms with Crippen LogP contribution in [0.2, 0.25) is 0 Å². The first-order valence-corrected chi connectivity index (χ1v) is 9.02. The number of aromatic nitrogens is 1. The van der Waals surface area contributed by atoms with E-state index in [0.29, 0.717) is 0 Å². The smallest absolute Gasteiger partial charge is 0.183 e. The van der Waals surface area contributed by atoms with E-state index in [2.05, 4.69) is 41.0 Å². The number of thiazole rings is 1. The zero-order chi connectivity index (χ0) is 17.1. The molecule has 0 bridgehead atoms. The highest BCUT2D eigenvalue weighted by Crippen LogP contribution is 2.35. The third-order valence-corrected chi connectivity index (χ3v) is 4.97. The molecule has 4 aromatic rings. The normalized spacial score (nSPS) is 10.8. The maximum absolute atomic E-state index is 5.48. The van der Waals surface area contributed by atoms with Gasteiger partial charge in [-0.05, 0) is 23.1 Å². The molecule has 1 aromatic heterocycles. The second-order valence-corrected chi connectivity index (χ2v) is 6.60. The van der Waals surface area contributed by atoms with Crippen LogP contribution in [-0.4, -0.2) is 12.1 Å². The third kappa shape index (κ3) is 3.21. The minimum absolute atomic E-state index is 0.775. The molecule has 0 fully saturated rings. The molecule has 0 aliphatic rings. The molecular formula is C21H18N2OS. The Bertz CT molecular complexity index is 995. The molecule has 0 saturated carbocycles. The lowest BCUT2D eigenvalue weighted by Gasteiger charge is -2.09. The SMILES string of the molecule is COc1ccc(-c2csc(NCc3ccccc3)n2)c2ccccc12. The van der Waals surface area contributed by atoms with Crippen molar-refractivity contribution in [2.75, 3.05) is 12.4 Å². The Kier molecular flexibility index (Phi) is 4.36. The molecule has 0 radical (unpaired) electrons. The number of rotatable bonds is 5. The Hall–Kier alpha value is -2.85. The predicted molar refractivity (Wildman–Crippen MR) is 105 cm³/mol. The lowest BCUT2D eigenvalue weighted by Crippen LogP contribution is -1.98. The molecule has 3 aromatic carbocycles. The summed E-state index contributed by atoms with van der Waals surface area (Å²) in [4.78, 5) is 4.77. The van der Waals surface area contributed by atoms with Gasteiger partial charge in [-0.25, -0.2) is 4.98 Å². The quantitative estimate of drug-likeness (QED) is 0.512. The van der Waals surface area contributed by atoms with Crippen LogP contribution in [0.25, 0.3) is 22.0 Å². The standard InChI is InChI=1S/C21H18N2OS/c1-24-20-12-11-17(16-9-5-6-10-18(16)20)19-14-25-21(23-19)22-13-15-7-3-2-4-8-15/h2-12,14H,13H2,1H3,(H,22,23). The van der Waals surface area contributed by atoms with Crippen LogP contribution in [0, 0.1) is 0 Å². The van der Waals surface area contributed by atoms with Crippen molar-refractivity contribution < 1.29 is 4.74 Å². The van der Waals surface area contributed by atoms with E-state index >= 15 is 0 Å². The Morgan fingerprint density at radius 2 is 1.68 bits per heavy atom. The van der Waals surface area contributed by atoms with Crippen molar-refractivity contribution >= 4 is 27.2 Å². The summed E-state index contributed by atoms with van der Waals surface area (Å²) < 4.78 is 5.48. The maximum Gasteiger partial charge on any atom is 0.183 e. The molecule has 0 spiro atoms. The van der Waals surface area contributed by atoms with Crippen molar-refractivity contribution in [1.29, 1.82) is 0 Å². The third-order valence-electron chi connectivity index (χ3n) is 4.17. The van der Waals surface area contributed by atoms with Crippen molar-refractivity contribution in [2.24, 2.45) is 0 Å². The number of nitrogens with zero attached hydrogens (tertiary/aromatic N) is 1. The van der Waals surface area contributed by atoms with Crippen LogP contribution in [0.4, 0.5) is 5.13 Å². The van der Waals surface area contributed by atoms with Crippen LogP contribution < -0.4 is 10.1 Å². The van der Waals surface area contributed by atoms with Gasteiger partial charge in [0, 0.05) is 22.9 Å². The zero-order valence-corrected chi connectivity index (χ0v) is 14.7. The Balaban J connectivity index is 1.63. The molecule has 0 aliphatic carbocycles. The van der Waals surface area contributed by atoms with Gasteiger partial charge in [-0.1, -0.05) is 54.6 Å². The van der Waals surface area contributed by atoms with Gasteiger partial charge in [0.1, 0.15) is 5.75 Å². The second kappa shape index (κ2) is 6.95. The van der Waals surface area contributed by atoms with Gasteiger partial charge in [0.05, 0.1) is 12.8 Å². The summed E-state index contributed by atoms with van der Waals surface area (Å²) in [5.41, 5.74) is 3.36. The van der Waals surface area contributed by atoms with Gasteiger partial charge in [-0.3, -0.25) is 0 Å². The molecule has 0 amide bonds. The number of methoxy groups -OCH3 is 1. The number of hydrogen-bond donors (Lipinski definition) is 1. The van der Waals surface area contributed by atoms with E-state index in [-0.39, 0.29) is 0 Å². The van der Waals surface area contributed by atoms with Gasteiger partial charge in [-0.2, -0.15) is 0 Å². The molecular weight excluding hydrogens is 328 g/mol. The fourth-order valence-corrected chi connectivity index (χ4v) is 3.63. The van der Waals surface area contributed by atoms with Gasteiger partial charge < -0.3 is 10.1 Å². The predicted octanol–water partition coefficient (Wildman–Crippen LogP) is 5.58. The van der Waals surface area contributed by atoms with Crippen molar-refractivity contribution in [3.05, 3.63) is 77.7 Å². The summed E-state index contributed by atoms with van der Waals surface area (Å²) in [6, 6.07) is 22.7. The minimum Gasteiger partial charge on any atom is -0.496 e. The highest BCUT2D eigenvalue weighted by molar-refractivity contribution is 7.14. The fourth-order valence-electron chi connectivity index (χ4n) is 2.92. The van der Waals surface area contributed by atoms with Crippen LogP contribution >= 0.6 is 11.3 Å². The first-order valence-electron chi connectivity index (χ1n) is 8.14. The number of ether oxygens (including phenoxy) is 1. The average molecular weight is 346 g/mol. The Morgan fingerprint density at radius 1 is 0.920 bits per heavy atom. The lowest BCUT2D eigenvalue weighted by molar-refractivity contribution is 0.420. The molecule has 0 unspecified atom stereocenters. The molecule has 0 atom stereocenters. The monoisotopic (exact) mass is 346 g/mol. The average Bonchev–Trinajstić information content (AvgIpc) is 3.15. The van der Waals surface area contributed by atoms with Crippen LogP contribution in [0.3, 0.4) is 0 Å². The number of fused-ring (bicyclic) bond motifs is 1. The number of nitrogens with one attached hydrogen (secondary N) is 1. The minimum atomic E-state index is 0.775. The summed E-state index contributed by atoms with van der Waals surface area (Å²) >= 11 is 1.63. The first kappa shape index (κ1) is 15.7. The van der Waals surface area contributed by atoms with Gasteiger partial charge in [-0.15, -0.1) is 11.3 Å². The van der Waals surface area contributed by atoms with E-state index in [0.717, 1.165) is 39.5 Å². The van der Waals surface area contributed by atoms with Gasteiger partial charge >= 0.3 is 0 Å². The molecule has 0 aliphatic heterocycles. The summed E-state index contributed by atoms with van der Waals surface area (Å²) in [6.45, 7) is 0.775. The second-order valence-electron chi connectivity index (χ2n) is 5.74. The summed E-state index contributed by atoms with van der Waals surface area (Å²) in [7, 11) is 1.70. The van der Waals surface area contributed by atoms with E-state index < -0.39 is 0 Å². The van der Waals surface area contributed by atoms with Crippen LogP contribution in [-0.2, 0) is 6.54 Å². The van der Waals surface area contributed by atoms with E-state index in [1.807, 2.05) is 36.4 Å². The van der Waals surface area contributed by atoms with Crippen LogP contribution in [0.15, 0.2) is 72.1 Å². The van der Waals surface area contributed by atoms with Gasteiger partial charge in [0.25, 0.3) is 0 Å². The van der Waals surface area contributed by atoms with Crippen molar-refractivity contribution in [1.82, 2.24) is 4.98 Å². The largest absolute Gasteiger partial charge is 0.496 e. The van der Waals surface area contributed by atoms with Crippen molar-refractivity contribution in [2.45, 2.75) is 6.54 Å². The summed E-state index contributed by atoms with van der Waals surface area (Å²) in [5, 5.41) is 8.69. The maximum atomic E-state index is 5.48. The molecule has 1 N–H and O–H groups in total. The molecule has 124 valence electrons. The Morgan fingerprint density at radius 3 is 2.48 bits per heavy atom. The van der Waals surface area contributed by atoms with Crippen LogP contribution in [0.5, 0.6) is 5.75 Å². The summed E-state index contributed by atoms with van der Waals surface area (Å²) in [6.07, 6.45) is 0. The van der Waals surface area contributed by atoms with Gasteiger partial charge in [0.2, 0.25) is 0 Å². The van der Waals surface area contributed by atoms with Crippen LogP contribution in [0.1, 0.15) is 5.56 Å². The summed E-state index contributed by atoms with van der Waals surface area (Å²) in [5.74, 6) is 0.886. The molecule has 25 heavy (non-hydrogen) atoms. The van der Waals surface area contributed by atoms with Crippen molar-refractivity contribution in [3.63, 3.8) is 0 Å². The number of anilines is 1. The number of hydrogen-bond acceptors (Lipinski definition) is 4. The molecule has 4 rings (SSSR count). The van der Waals surface area contributed by atoms with E-state index in [1.54, 1.807) is 18.4 Å². The first-order chi connectivity index (χ1) is 12.3. The highest BCUT2D eigenvalue weighted by atomic mass is 32.1. The number of benzene rings is 3. The zero-order valence-electron chi connectivity index (χ0n) is 13.9. The molecule has 4 heteroatoms. The highest BCUT2D eigenvalue weighted by Gasteiger charge is 2.11. The van der Waals surface area contributed by atoms with Gasteiger partial charge in [0.15, 0.2) is 5.13 Å². The lowest BCUT2D eigenvalue weighted by atomic mass is 10.0. The fraction of sp³-hybridized carbons (Fsp3) is 0.0952. The Labute approximate surface area is 150 Å².